The summed E-state index contributed by atoms with van der Waals surface area (Å²) < 4.78 is 59.6. The highest BCUT2D eigenvalue weighted by molar-refractivity contribution is 5.92. The van der Waals surface area contributed by atoms with Gasteiger partial charge in [0.2, 0.25) is 6.29 Å². The van der Waals surface area contributed by atoms with Crippen LogP contribution in [0.15, 0.2) is 65.3 Å². The predicted octanol–water partition coefficient (Wildman–Crippen LogP) is 5.45. The molecule has 10 heteroatoms. The Morgan fingerprint density at radius 1 is 0.909 bits per heavy atom. The van der Waals surface area contributed by atoms with Crippen molar-refractivity contribution < 1.29 is 31.8 Å². The fourth-order valence-corrected chi connectivity index (χ4v) is 3.45. The highest BCUT2D eigenvalue weighted by Crippen LogP contribution is 2.33. The molecule has 3 aliphatic heterocycles. The van der Waals surface area contributed by atoms with E-state index in [1.54, 1.807) is 30.3 Å². The molecule has 0 saturated carbocycles. The van der Waals surface area contributed by atoms with Crippen LogP contribution >= 0.6 is 0 Å². The molecule has 0 atom stereocenters. The van der Waals surface area contributed by atoms with Crippen molar-refractivity contribution in [3.8, 4) is 17.1 Å². The van der Waals surface area contributed by atoms with Gasteiger partial charge in [0.05, 0.1) is 18.7 Å². The molecule has 7 nitrogen and oxygen atoms in total. The molecule has 1 fully saturated rings. The normalized spacial score (nSPS) is 15.2. The molecule has 1 N–H and O–H groups in total. The molecule has 5 heterocycles. The number of benzene rings is 2. The van der Waals surface area contributed by atoms with Crippen LogP contribution in [-0.4, -0.2) is 29.5 Å². The van der Waals surface area contributed by atoms with Crippen LogP contribution in [0.5, 0.6) is 5.75 Å². The zero-order chi connectivity index (χ0) is 22.8. The van der Waals surface area contributed by atoms with Gasteiger partial charge in [0.25, 0.3) is 0 Å². The summed E-state index contributed by atoms with van der Waals surface area (Å²) in [7, 11) is 0. The summed E-state index contributed by atoms with van der Waals surface area (Å²) in [5.41, 5.74) is 2.25. The maximum Gasteiger partial charge on any atom is 0.483 e. The molecule has 170 valence electrons. The third kappa shape index (κ3) is 4.91. The van der Waals surface area contributed by atoms with E-state index in [2.05, 4.69) is 22.1 Å². The number of nitrogens with one attached hydrogen (secondary N) is 1. The molecule has 33 heavy (non-hydrogen) atoms. The number of halogens is 3. The summed E-state index contributed by atoms with van der Waals surface area (Å²) in [4.78, 5) is 7.67. The van der Waals surface area contributed by atoms with Crippen molar-refractivity contribution in [1.82, 2.24) is 9.97 Å². The Bertz CT molecular complexity index is 1230. The van der Waals surface area contributed by atoms with Gasteiger partial charge in [-0.15, -0.1) is 0 Å². The Morgan fingerprint density at radius 2 is 1.70 bits per heavy atom. The summed E-state index contributed by atoms with van der Waals surface area (Å²) in [6.07, 6.45) is -4.07. The molecule has 0 amide bonds. The molecule has 0 spiro atoms. The summed E-state index contributed by atoms with van der Waals surface area (Å²) >= 11 is 0. The number of anilines is 1. The van der Waals surface area contributed by atoms with Crippen molar-refractivity contribution in [2.24, 2.45) is 0 Å². The molecular weight excluding hydrogens is 439 g/mol. The average Bonchev–Trinajstić information content (AvgIpc) is 3.52. The first kappa shape index (κ1) is 21.2. The lowest BCUT2D eigenvalue weighted by Crippen LogP contribution is -2.21. The van der Waals surface area contributed by atoms with Crippen molar-refractivity contribution in [1.29, 1.82) is 0 Å². The standard InChI is InChI=1S/C16H12F3N3O3.C7H6O/c17-16(18,19)22-14-10-7-9(1-2-11(10)20-8-21-14)12-3-4-13(25-12)15-23-5-6-24-15;1-3-7-4-2-6(1)5-8-7/h1-4,7-8,15H,5-6H2,(H,20,21,22);1-4H,5H2. The van der Waals surface area contributed by atoms with Gasteiger partial charge >= 0.3 is 6.30 Å². The minimum atomic E-state index is -4.59. The second-order valence-electron chi connectivity index (χ2n) is 7.29. The van der Waals surface area contributed by atoms with Crippen LogP contribution in [0.25, 0.3) is 22.2 Å². The average molecular weight is 457 g/mol. The highest BCUT2D eigenvalue weighted by atomic mass is 19.4. The molecule has 0 radical (unpaired) electrons. The number of rotatable bonds is 3. The number of hydrogen-bond acceptors (Lipinski definition) is 7. The van der Waals surface area contributed by atoms with E-state index in [9.17, 15) is 13.2 Å². The minimum absolute atomic E-state index is 0.239. The van der Waals surface area contributed by atoms with Gasteiger partial charge < -0.3 is 18.6 Å². The molecule has 2 aromatic carbocycles. The van der Waals surface area contributed by atoms with Gasteiger partial charge in [-0.1, -0.05) is 12.1 Å². The Morgan fingerprint density at radius 3 is 2.30 bits per heavy atom. The van der Waals surface area contributed by atoms with E-state index in [4.69, 9.17) is 18.6 Å². The van der Waals surface area contributed by atoms with Crippen molar-refractivity contribution in [3.63, 3.8) is 0 Å². The lowest BCUT2D eigenvalue weighted by Gasteiger charge is -2.11. The van der Waals surface area contributed by atoms with Gasteiger partial charge in [-0.2, -0.15) is 13.2 Å². The number of hydrogen-bond donors (Lipinski definition) is 1. The quantitative estimate of drug-likeness (QED) is 0.410. The summed E-state index contributed by atoms with van der Waals surface area (Å²) in [6.45, 7) is 1.74. The topological polar surface area (TPSA) is 78.6 Å². The fraction of sp³-hybridized carbons (Fsp3) is 0.217. The van der Waals surface area contributed by atoms with Gasteiger partial charge in [0, 0.05) is 10.9 Å². The van der Waals surface area contributed by atoms with Gasteiger partial charge in [0.1, 0.15) is 30.3 Å². The summed E-state index contributed by atoms with van der Waals surface area (Å²) in [5.74, 6) is 1.66. The van der Waals surface area contributed by atoms with Gasteiger partial charge in [-0.25, -0.2) is 9.97 Å². The van der Waals surface area contributed by atoms with Gasteiger partial charge in [-0.3, -0.25) is 5.32 Å². The smallest absolute Gasteiger partial charge is 0.483 e. The van der Waals surface area contributed by atoms with Crippen LogP contribution in [0.1, 0.15) is 17.6 Å². The Labute approximate surface area is 186 Å². The lowest BCUT2D eigenvalue weighted by molar-refractivity contribution is -0.100. The number of nitrogens with zero attached hydrogens (tertiary/aromatic N) is 2. The zero-order valence-electron chi connectivity index (χ0n) is 17.1. The molecular formula is C23H18F3N3O4. The molecule has 1 saturated heterocycles. The van der Waals surface area contributed by atoms with Crippen LogP contribution in [-0.2, 0) is 16.1 Å². The van der Waals surface area contributed by atoms with E-state index < -0.39 is 12.6 Å². The molecule has 3 aliphatic rings. The van der Waals surface area contributed by atoms with E-state index in [1.165, 1.54) is 10.9 Å². The number of alkyl halides is 3. The summed E-state index contributed by atoms with van der Waals surface area (Å²) in [5, 5.41) is 1.67. The van der Waals surface area contributed by atoms with Crippen LogP contribution < -0.4 is 10.1 Å². The van der Waals surface area contributed by atoms with E-state index in [0.29, 0.717) is 35.8 Å². The Balaban J connectivity index is 0.000000238. The Kier molecular flexibility index (Phi) is 5.61. The first-order valence-electron chi connectivity index (χ1n) is 10.1. The monoisotopic (exact) mass is 457 g/mol. The molecule has 0 aliphatic carbocycles. The largest absolute Gasteiger partial charge is 0.489 e. The molecule has 4 aromatic rings. The van der Waals surface area contributed by atoms with Crippen LogP contribution in [0.4, 0.5) is 19.0 Å². The van der Waals surface area contributed by atoms with E-state index in [1.807, 2.05) is 12.1 Å². The van der Waals surface area contributed by atoms with E-state index in [0.717, 1.165) is 18.7 Å². The first-order valence-corrected chi connectivity index (χ1v) is 10.1. The number of ether oxygens (including phenoxy) is 3. The van der Waals surface area contributed by atoms with Crippen LogP contribution in [0.3, 0.4) is 0 Å². The third-order valence-corrected chi connectivity index (χ3v) is 4.99. The maximum absolute atomic E-state index is 12.7. The van der Waals surface area contributed by atoms with Crippen molar-refractivity contribution in [3.05, 3.63) is 72.2 Å². The van der Waals surface area contributed by atoms with Crippen LogP contribution in [0.2, 0.25) is 0 Å². The first-order chi connectivity index (χ1) is 15.9. The van der Waals surface area contributed by atoms with E-state index in [-0.39, 0.29) is 11.2 Å². The minimum Gasteiger partial charge on any atom is -0.489 e. The highest BCUT2D eigenvalue weighted by Gasteiger charge is 2.29. The summed E-state index contributed by atoms with van der Waals surface area (Å²) in [6, 6.07) is 16.4. The second-order valence-corrected chi connectivity index (χ2v) is 7.29. The molecule has 2 bridgehead atoms. The van der Waals surface area contributed by atoms with Gasteiger partial charge in [-0.05, 0) is 48.0 Å². The molecule has 7 rings (SSSR count). The maximum atomic E-state index is 12.7. The number of furan rings is 1. The SMILES string of the molecule is FC(F)(F)Nc1ncnc2ccc(-c3ccc(C4OCCO4)o3)cc12.c1cc2ccc1CO2. The Hall–Kier alpha value is -3.63. The number of fused-ring (bicyclic) bond motifs is 4. The van der Waals surface area contributed by atoms with E-state index >= 15 is 0 Å². The fourth-order valence-electron chi connectivity index (χ4n) is 3.45. The second kappa shape index (κ2) is 8.72. The van der Waals surface area contributed by atoms with Crippen molar-refractivity contribution in [2.45, 2.75) is 19.2 Å². The van der Waals surface area contributed by atoms with Crippen molar-refractivity contribution in [2.75, 3.05) is 18.5 Å². The molecule has 2 aromatic heterocycles. The number of aromatic nitrogens is 2. The lowest BCUT2D eigenvalue weighted by atomic mass is 10.1. The third-order valence-electron chi connectivity index (χ3n) is 4.99. The molecule has 0 unspecified atom stereocenters. The zero-order valence-corrected chi connectivity index (χ0v) is 17.1. The predicted molar refractivity (Wildman–Crippen MR) is 112 cm³/mol. The van der Waals surface area contributed by atoms with Crippen LogP contribution in [0, 0.1) is 0 Å². The van der Waals surface area contributed by atoms with Gasteiger partial charge in [0.15, 0.2) is 5.76 Å². The van der Waals surface area contributed by atoms with Crippen molar-refractivity contribution >= 4 is 16.7 Å².